The minimum atomic E-state index is -1.53. The van der Waals surface area contributed by atoms with Crippen molar-refractivity contribution < 1.29 is 28.8 Å². The van der Waals surface area contributed by atoms with Crippen LogP contribution in [0.2, 0.25) is 0 Å². The molecule has 4 rings (SSSR count). The van der Waals surface area contributed by atoms with Crippen LogP contribution in [0.25, 0.3) is 0 Å². The molecule has 0 saturated heterocycles. The van der Waals surface area contributed by atoms with Crippen molar-refractivity contribution in [2.75, 3.05) is 11.4 Å². The third-order valence-corrected chi connectivity index (χ3v) is 6.66. The van der Waals surface area contributed by atoms with E-state index >= 15 is 0 Å². The summed E-state index contributed by atoms with van der Waals surface area (Å²) in [5.74, 6) is -3.59. The van der Waals surface area contributed by atoms with E-state index in [-0.39, 0.29) is 17.1 Å². The Morgan fingerprint density at radius 2 is 1.74 bits per heavy atom. The van der Waals surface area contributed by atoms with Crippen LogP contribution >= 0.6 is 11.3 Å². The molecule has 3 amide bonds. The second kappa shape index (κ2) is 12.2. The molecule has 10 nitrogen and oxygen atoms in total. The first-order valence-electron chi connectivity index (χ1n) is 11.9. The van der Waals surface area contributed by atoms with E-state index in [1.54, 1.807) is 60.0 Å². The summed E-state index contributed by atoms with van der Waals surface area (Å²) in [5, 5.41) is 6.52. The summed E-state index contributed by atoms with van der Waals surface area (Å²) in [4.78, 5) is 80.9. The van der Waals surface area contributed by atoms with Gasteiger partial charge < -0.3 is 15.4 Å². The Morgan fingerprint density at radius 1 is 1.03 bits per heavy atom. The highest BCUT2D eigenvalue weighted by Gasteiger charge is 2.35. The van der Waals surface area contributed by atoms with Crippen molar-refractivity contribution in [1.29, 1.82) is 0 Å². The van der Waals surface area contributed by atoms with E-state index in [1.165, 1.54) is 13.0 Å². The van der Waals surface area contributed by atoms with Crippen LogP contribution in [-0.2, 0) is 24.0 Å². The molecule has 2 N–H and O–H groups in total. The Balaban J connectivity index is 1.72. The molecule has 2 atom stereocenters. The highest BCUT2D eigenvalue weighted by molar-refractivity contribution is 7.13. The van der Waals surface area contributed by atoms with Gasteiger partial charge in [0, 0.05) is 17.5 Å². The van der Waals surface area contributed by atoms with E-state index in [9.17, 15) is 28.8 Å². The molecule has 39 heavy (non-hydrogen) atoms. The number of carbonyl (C=O) groups excluding carboxylic acids is 6. The Kier molecular flexibility index (Phi) is 8.52. The monoisotopic (exact) mass is 544 g/mol. The van der Waals surface area contributed by atoms with Crippen LogP contribution in [0.4, 0.5) is 5.69 Å². The third-order valence-electron chi connectivity index (χ3n) is 5.79. The fourth-order valence-corrected chi connectivity index (χ4v) is 4.72. The van der Waals surface area contributed by atoms with Crippen LogP contribution in [0.1, 0.15) is 34.1 Å². The molecular formula is C28H24N4O6S. The lowest BCUT2D eigenvalue weighted by molar-refractivity contribution is -0.127. The topological polar surface area (TPSA) is 142 Å². The van der Waals surface area contributed by atoms with E-state index < -0.39 is 42.3 Å². The van der Waals surface area contributed by atoms with E-state index in [0.717, 1.165) is 16.2 Å². The van der Waals surface area contributed by atoms with Crippen LogP contribution in [0, 0.1) is 0 Å². The highest BCUT2D eigenvalue weighted by Crippen LogP contribution is 2.28. The quantitative estimate of drug-likeness (QED) is 0.227. The number of ketones is 2. The minimum Gasteiger partial charge on any atom is -0.345 e. The number of rotatable bonds is 10. The van der Waals surface area contributed by atoms with Crippen molar-refractivity contribution in [1.82, 2.24) is 10.6 Å². The number of Topliss-reactive ketones (excluding diaryl/α,β-unsaturated/α-hetero) is 2. The average molecular weight is 545 g/mol. The van der Waals surface area contributed by atoms with Gasteiger partial charge in [0.2, 0.25) is 12.1 Å². The average Bonchev–Trinajstić information content (AvgIpc) is 3.45. The molecule has 0 spiro atoms. The van der Waals surface area contributed by atoms with Gasteiger partial charge in [-0.1, -0.05) is 54.6 Å². The van der Waals surface area contributed by atoms with Gasteiger partial charge in [-0.05, 0) is 24.4 Å². The predicted octanol–water partition coefficient (Wildman–Crippen LogP) is 1.92. The van der Waals surface area contributed by atoms with Crippen molar-refractivity contribution >= 4 is 58.3 Å². The van der Waals surface area contributed by atoms with Crippen molar-refractivity contribution in [3.05, 3.63) is 88.1 Å². The summed E-state index contributed by atoms with van der Waals surface area (Å²) in [5.41, 5.74) is 1.88. The van der Waals surface area contributed by atoms with Crippen molar-refractivity contribution in [3.8, 4) is 0 Å². The first-order valence-corrected chi connectivity index (χ1v) is 12.8. The van der Waals surface area contributed by atoms with Crippen LogP contribution in [0.3, 0.4) is 0 Å². The number of amides is 3. The summed E-state index contributed by atoms with van der Waals surface area (Å²) < 4.78 is 0. The largest absolute Gasteiger partial charge is 0.345 e. The maximum absolute atomic E-state index is 13.8. The number of nitrogens with one attached hydrogen (secondary N) is 2. The predicted molar refractivity (Wildman–Crippen MR) is 145 cm³/mol. The number of nitrogens with zero attached hydrogens (tertiary/aromatic N) is 2. The SMILES string of the molecule is CC(=O)C[C@@H](C=O)NC(=O)CN1C(=O)C(NC(=O)C(=O)c2cccs2)N=C(c2ccccc2)c2ccccc21. The second-order valence-electron chi connectivity index (χ2n) is 8.68. The Hall–Kier alpha value is -4.77. The number of hydrogen-bond acceptors (Lipinski definition) is 8. The lowest BCUT2D eigenvalue weighted by Gasteiger charge is -2.25. The van der Waals surface area contributed by atoms with Gasteiger partial charge in [0.25, 0.3) is 17.6 Å². The number of hydrogen-bond donors (Lipinski definition) is 2. The fraction of sp³-hybridized carbons (Fsp3) is 0.179. The first kappa shape index (κ1) is 27.3. The number of anilines is 1. The molecule has 0 bridgehead atoms. The van der Waals surface area contributed by atoms with Gasteiger partial charge in [0.15, 0.2) is 0 Å². The molecule has 2 aromatic carbocycles. The van der Waals surface area contributed by atoms with Gasteiger partial charge in [-0.15, -0.1) is 11.3 Å². The highest BCUT2D eigenvalue weighted by atomic mass is 32.1. The van der Waals surface area contributed by atoms with Crippen molar-refractivity contribution in [2.45, 2.75) is 25.6 Å². The summed E-state index contributed by atoms with van der Waals surface area (Å²) in [6, 6.07) is 17.8. The molecular weight excluding hydrogens is 520 g/mol. The molecule has 11 heteroatoms. The molecule has 0 fully saturated rings. The molecule has 1 aliphatic heterocycles. The Bertz CT molecular complexity index is 1450. The van der Waals surface area contributed by atoms with Gasteiger partial charge in [0.1, 0.15) is 18.6 Å². The number of carbonyl (C=O) groups is 6. The number of aldehydes is 1. The maximum atomic E-state index is 13.8. The Morgan fingerprint density at radius 3 is 2.41 bits per heavy atom. The van der Waals surface area contributed by atoms with Crippen LogP contribution in [-0.4, -0.2) is 60.0 Å². The molecule has 1 aromatic heterocycles. The Labute approximate surface area is 227 Å². The second-order valence-corrected chi connectivity index (χ2v) is 9.63. The number of para-hydroxylation sites is 1. The van der Waals surface area contributed by atoms with Gasteiger partial charge in [-0.25, -0.2) is 4.99 Å². The first-order chi connectivity index (χ1) is 18.8. The number of thiophene rings is 1. The molecule has 1 aliphatic rings. The van der Waals surface area contributed by atoms with Crippen molar-refractivity contribution in [3.63, 3.8) is 0 Å². The number of benzodiazepines with no additional fused rings is 1. The van der Waals surface area contributed by atoms with Crippen LogP contribution in [0.15, 0.2) is 77.1 Å². The summed E-state index contributed by atoms with van der Waals surface area (Å²) >= 11 is 1.09. The van der Waals surface area contributed by atoms with Gasteiger partial charge in [-0.2, -0.15) is 0 Å². The molecule has 198 valence electrons. The zero-order valence-corrected chi connectivity index (χ0v) is 21.6. The number of aliphatic imine (C=N–C) groups is 1. The molecule has 3 aromatic rings. The van der Waals surface area contributed by atoms with Gasteiger partial charge in [-0.3, -0.25) is 28.9 Å². The number of benzene rings is 2. The summed E-state index contributed by atoms with van der Waals surface area (Å²) in [6.07, 6.45) is -1.27. The summed E-state index contributed by atoms with van der Waals surface area (Å²) in [6.45, 7) is 0.769. The van der Waals surface area contributed by atoms with E-state index in [4.69, 9.17) is 0 Å². The third kappa shape index (κ3) is 6.39. The standard InChI is InChI=1S/C28H24N4O6S/c1-17(34)14-19(16-33)29-23(35)15-32-21-11-6-5-10-20(21)24(18-8-3-2-4-9-18)30-26(28(32)38)31-27(37)25(36)22-12-7-13-39-22/h2-13,16,19,26H,14-15H2,1H3,(H,29,35)(H,31,37)/t19-,26?/m0/s1. The van der Waals surface area contributed by atoms with E-state index in [1.807, 2.05) is 6.07 Å². The van der Waals surface area contributed by atoms with Crippen molar-refractivity contribution in [2.24, 2.45) is 4.99 Å². The van der Waals surface area contributed by atoms with Crippen LogP contribution in [0.5, 0.6) is 0 Å². The minimum absolute atomic E-state index is 0.190. The molecule has 0 radical (unpaired) electrons. The zero-order chi connectivity index (χ0) is 27.9. The summed E-state index contributed by atoms with van der Waals surface area (Å²) in [7, 11) is 0. The lowest BCUT2D eigenvalue weighted by atomic mass is 10.0. The smallest absolute Gasteiger partial charge is 0.295 e. The number of fused-ring (bicyclic) bond motifs is 1. The van der Waals surface area contributed by atoms with E-state index in [0.29, 0.717) is 28.8 Å². The van der Waals surface area contributed by atoms with E-state index in [2.05, 4.69) is 15.6 Å². The molecule has 2 heterocycles. The fourth-order valence-electron chi connectivity index (χ4n) is 4.06. The normalized spacial score (nSPS) is 15.3. The van der Waals surface area contributed by atoms with Gasteiger partial charge in [0.05, 0.1) is 22.3 Å². The molecule has 0 aliphatic carbocycles. The molecule has 0 saturated carbocycles. The van der Waals surface area contributed by atoms with Gasteiger partial charge >= 0.3 is 0 Å². The maximum Gasteiger partial charge on any atom is 0.295 e. The van der Waals surface area contributed by atoms with Crippen LogP contribution < -0.4 is 15.5 Å². The lowest BCUT2D eigenvalue weighted by Crippen LogP contribution is -2.52. The zero-order valence-electron chi connectivity index (χ0n) is 20.8. The molecule has 1 unspecified atom stereocenters.